The van der Waals surface area contributed by atoms with Gasteiger partial charge in [0.05, 0.1) is 20.5 Å². The zero-order valence-electron chi connectivity index (χ0n) is 19.7. The van der Waals surface area contributed by atoms with E-state index in [0.29, 0.717) is 29.0 Å². The zero-order valence-corrected chi connectivity index (χ0v) is 22.0. The van der Waals surface area contributed by atoms with Crippen molar-refractivity contribution in [2.75, 3.05) is 13.1 Å². The molecule has 1 atom stereocenters. The molecule has 1 aliphatic rings. The summed E-state index contributed by atoms with van der Waals surface area (Å²) in [5.74, 6) is -2.65. The van der Waals surface area contributed by atoms with E-state index in [-0.39, 0.29) is 34.6 Å². The van der Waals surface area contributed by atoms with E-state index in [1.807, 2.05) is 25.1 Å². The van der Waals surface area contributed by atoms with Gasteiger partial charge in [0, 0.05) is 25.2 Å². The largest absolute Gasteiger partial charge is 0.480 e. The molecule has 0 radical (unpaired) electrons. The van der Waals surface area contributed by atoms with Gasteiger partial charge in [-0.15, -0.1) is 11.3 Å². The Morgan fingerprint density at radius 3 is 2.57 bits per heavy atom. The number of nitrogens with zero attached hydrogens (tertiary/aromatic N) is 1. The third-order valence-corrected chi connectivity index (χ3v) is 7.58. The molecule has 8 nitrogen and oxygen atoms in total. The van der Waals surface area contributed by atoms with Crippen LogP contribution in [-0.2, 0) is 17.8 Å². The van der Waals surface area contributed by atoms with Crippen LogP contribution in [-0.4, -0.2) is 52.8 Å². The van der Waals surface area contributed by atoms with E-state index in [1.165, 1.54) is 11.3 Å². The normalized spacial score (nSPS) is 13.4. The number of benzene rings is 2. The Balaban J connectivity index is 1.49. The minimum atomic E-state index is -1.40. The van der Waals surface area contributed by atoms with Crippen molar-refractivity contribution in [3.05, 3.63) is 90.6 Å². The molecule has 4 rings (SSSR count). The average Bonchev–Trinajstić information content (AvgIpc) is 3.40. The Kier molecular flexibility index (Phi) is 8.16. The molecule has 1 aromatic heterocycles. The first-order valence-corrected chi connectivity index (χ1v) is 13.0. The molecule has 1 aliphatic heterocycles. The predicted molar refractivity (Wildman–Crippen MR) is 142 cm³/mol. The van der Waals surface area contributed by atoms with Gasteiger partial charge in [0.1, 0.15) is 6.04 Å². The van der Waals surface area contributed by atoms with Gasteiger partial charge < -0.3 is 20.6 Å². The van der Waals surface area contributed by atoms with Crippen LogP contribution in [0.4, 0.5) is 0 Å². The standard InChI is InChI=1S/C26H23Cl2N3O5S/c1-14-4-2-5-15(10-14)25(34)31-8-7-17-16(13-31)11-18(27)21(22(17)28)24(33)30-19(26(35)36)12-29-23(32)20-6-3-9-37-20/h2-6,9-11,19H,7-8,12-13H2,1H3,(H,29,32)(H,30,33)(H,35,36)/t19-/m0/s1. The maximum Gasteiger partial charge on any atom is 0.328 e. The van der Waals surface area contributed by atoms with E-state index in [0.717, 1.165) is 11.1 Å². The summed E-state index contributed by atoms with van der Waals surface area (Å²) in [6.45, 7) is 2.26. The molecule has 0 bridgehead atoms. The lowest BCUT2D eigenvalue weighted by Crippen LogP contribution is -2.48. The van der Waals surface area contributed by atoms with Gasteiger partial charge in [-0.05, 0) is 54.1 Å². The van der Waals surface area contributed by atoms with Gasteiger partial charge in [-0.2, -0.15) is 0 Å². The SMILES string of the molecule is Cc1cccc(C(=O)N2CCc3c(cc(Cl)c(C(=O)N[C@@H](CNC(=O)c4cccs4)C(=O)O)c3Cl)C2)c1. The molecule has 3 amide bonds. The lowest BCUT2D eigenvalue weighted by molar-refractivity contribution is -0.139. The Labute approximate surface area is 227 Å². The van der Waals surface area contributed by atoms with Gasteiger partial charge in [0.25, 0.3) is 17.7 Å². The molecular formula is C26H23Cl2N3O5S. The summed E-state index contributed by atoms with van der Waals surface area (Å²) in [4.78, 5) is 52.0. The smallest absolute Gasteiger partial charge is 0.328 e. The van der Waals surface area contributed by atoms with Gasteiger partial charge >= 0.3 is 5.97 Å². The number of carboxylic acids is 1. The minimum absolute atomic E-state index is 0.0397. The van der Waals surface area contributed by atoms with Crippen LogP contribution in [0.5, 0.6) is 0 Å². The van der Waals surface area contributed by atoms with Crippen LogP contribution in [0.2, 0.25) is 10.0 Å². The topological polar surface area (TPSA) is 116 Å². The molecule has 3 N–H and O–H groups in total. The number of hydrogen-bond acceptors (Lipinski definition) is 5. The summed E-state index contributed by atoms with van der Waals surface area (Å²) in [5, 5.41) is 16.4. The fourth-order valence-electron chi connectivity index (χ4n) is 4.11. The highest BCUT2D eigenvalue weighted by Gasteiger charge is 2.29. The summed E-state index contributed by atoms with van der Waals surface area (Å²) in [6.07, 6.45) is 0.405. The van der Waals surface area contributed by atoms with Crippen LogP contribution < -0.4 is 10.6 Å². The number of carboxylic acid groups (broad SMARTS) is 1. The van der Waals surface area contributed by atoms with Crippen molar-refractivity contribution >= 4 is 58.2 Å². The number of hydrogen-bond donors (Lipinski definition) is 3. The zero-order chi connectivity index (χ0) is 26.7. The molecule has 192 valence electrons. The highest BCUT2D eigenvalue weighted by molar-refractivity contribution is 7.12. The van der Waals surface area contributed by atoms with Crippen LogP contribution in [0.15, 0.2) is 47.8 Å². The molecule has 3 aromatic rings. The number of aliphatic carboxylic acids is 1. The van der Waals surface area contributed by atoms with Crippen molar-refractivity contribution in [2.24, 2.45) is 0 Å². The Morgan fingerprint density at radius 1 is 1.11 bits per heavy atom. The van der Waals surface area contributed by atoms with Crippen LogP contribution in [0, 0.1) is 6.92 Å². The summed E-state index contributed by atoms with van der Waals surface area (Å²) in [7, 11) is 0. The van der Waals surface area contributed by atoms with Crippen molar-refractivity contribution in [1.82, 2.24) is 15.5 Å². The number of carbonyl (C=O) groups excluding carboxylic acids is 3. The van der Waals surface area contributed by atoms with Crippen molar-refractivity contribution in [2.45, 2.75) is 25.9 Å². The molecule has 0 fully saturated rings. The summed E-state index contributed by atoms with van der Waals surface area (Å²) in [5.41, 5.74) is 2.92. The summed E-state index contributed by atoms with van der Waals surface area (Å²) < 4.78 is 0. The number of carbonyl (C=O) groups is 4. The highest BCUT2D eigenvalue weighted by Crippen LogP contribution is 2.35. The number of amides is 3. The van der Waals surface area contributed by atoms with Gasteiger partial charge in [0.15, 0.2) is 0 Å². The van der Waals surface area contributed by atoms with Gasteiger partial charge in [-0.25, -0.2) is 4.79 Å². The number of fused-ring (bicyclic) bond motifs is 1. The van der Waals surface area contributed by atoms with Gasteiger partial charge in [-0.3, -0.25) is 14.4 Å². The highest BCUT2D eigenvalue weighted by atomic mass is 35.5. The average molecular weight is 560 g/mol. The first kappa shape index (κ1) is 26.7. The van der Waals surface area contributed by atoms with E-state index < -0.39 is 23.8 Å². The van der Waals surface area contributed by atoms with Crippen molar-refractivity contribution < 1.29 is 24.3 Å². The maximum absolute atomic E-state index is 13.0. The fraction of sp³-hybridized carbons (Fsp3) is 0.231. The second-order valence-electron chi connectivity index (χ2n) is 8.58. The molecule has 0 aliphatic carbocycles. The number of rotatable bonds is 7. The molecule has 11 heteroatoms. The van der Waals surface area contributed by atoms with E-state index in [9.17, 15) is 24.3 Å². The number of aryl methyl sites for hydroxylation is 1. The van der Waals surface area contributed by atoms with E-state index in [4.69, 9.17) is 23.2 Å². The number of halogens is 2. The second-order valence-corrected chi connectivity index (χ2v) is 10.3. The Bertz CT molecular complexity index is 1380. The monoisotopic (exact) mass is 559 g/mol. The van der Waals surface area contributed by atoms with Crippen LogP contribution in [0.1, 0.15) is 47.1 Å². The van der Waals surface area contributed by atoms with Crippen LogP contribution in [0.25, 0.3) is 0 Å². The maximum atomic E-state index is 13.0. The summed E-state index contributed by atoms with van der Waals surface area (Å²) in [6, 6.07) is 10.8. The molecule has 0 saturated heterocycles. The molecule has 2 heterocycles. The Hall–Kier alpha value is -3.40. The summed E-state index contributed by atoms with van der Waals surface area (Å²) >= 11 is 14.2. The van der Waals surface area contributed by atoms with E-state index in [1.54, 1.807) is 34.5 Å². The minimum Gasteiger partial charge on any atom is -0.480 e. The van der Waals surface area contributed by atoms with Crippen molar-refractivity contribution in [3.63, 3.8) is 0 Å². The van der Waals surface area contributed by atoms with E-state index in [2.05, 4.69) is 10.6 Å². The predicted octanol–water partition coefficient (Wildman–Crippen LogP) is 4.17. The molecule has 0 unspecified atom stereocenters. The van der Waals surface area contributed by atoms with Crippen molar-refractivity contribution in [3.8, 4) is 0 Å². The molecular weight excluding hydrogens is 537 g/mol. The first-order chi connectivity index (χ1) is 17.7. The third kappa shape index (κ3) is 5.95. The third-order valence-electron chi connectivity index (χ3n) is 6.00. The number of thiophene rings is 1. The van der Waals surface area contributed by atoms with Gasteiger partial charge in [-0.1, -0.05) is 47.0 Å². The van der Waals surface area contributed by atoms with E-state index >= 15 is 0 Å². The molecule has 0 saturated carbocycles. The molecule has 2 aromatic carbocycles. The van der Waals surface area contributed by atoms with Crippen LogP contribution in [0.3, 0.4) is 0 Å². The van der Waals surface area contributed by atoms with Crippen LogP contribution >= 0.6 is 34.5 Å². The second kappa shape index (κ2) is 11.3. The quantitative estimate of drug-likeness (QED) is 0.401. The first-order valence-electron chi connectivity index (χ1n) is 11.4. The molecule has 37 heavy (non-hydrogen) atoms. The molecule has 0 spiro atoms. The number of nitrogens with one attached hydrogen (secondary N) is 2. The van der Waals surface area contributed by atoms with Gasteiger partial charge in [0.2, 0.25) is 0 Å². The lowest BCUT2D eigenvalue weighted by Gasteiger charge is -2.30. The fourth-order valence-corrected chi connectivity index (χ4v) is 5.52. The van der Waals surface area contributed by atoms with Crippen molar-refractivity contribution in [1.29, 1.82) is 0 Å². The lowest BCUT2D eigenvalue weighted by atomic mass is 9.95. The Morgan fingerprint density at radius 2 is 1.89 bits per heavy atom.